The van der Waals surface area contributed by atoms with Crippen LogP contribution in [-0.4, -0.2) is 35.5 Å². The van der Waals surface area contributed by atoms with Crippen molar-refractivity contribution >= 4 is 23.5 Å². The van der Waals surface area contributed by atoms with Gasteiger partial charge in [0.1, 0.15) is 5.56 Å². The number of carbonyl (C=O) groups excluding carboxylic acids is 3. The van der Waals surface area contributed by atoms with Crippen molar-refractivity contribution in [2.24, 2.45) is 5.92 Å². The predicted octanol–water partition coefficient (Wildman–Crippen LogP) is 1.04. The van der Waals surface area contributed by atoms with Crippen molar-refractivity contribution in [1.29, 1.82) is 5.26 Å². The number of hydrogen-bond acceptors (Lipinski definition) is 6. The van der Waals surface area contributed by atoms with E-state index in [1.54, 1.807) is 36.5 Å². The van der Waals surface area contributed by atoms with Gasteiger partial charge in [0.05, 0.1) is 31.1 Å². The molecule has 0 bridgehead atoms. The number of hydrogen-bond donors (Lipinski definition) is 2. The molecule has 1 aromatic carbocycles. The first-order chi connectivity index (χ1) is 14.4. The molecule has 1 aromatic heterocycles. The monoisotopic (exact) mass is 408 g/mol. The summed E-state index contributed by atoms with van der Waals surface area (Å²) in [6, 6.07) is 10.9. The molecular weight excluding hydrogens is 388 g/mol. The molecule has 0 aliphatic carbocycles. The molecule has 3 rings (SSSR count). The van der Waals surface area contributed by atoms with Crippen molar-refractivity contribution in [1.82, 2.24) is 9.88 Å². The van der Waals surface area contributed by atoms with Crippen molar-refractivity contribution in [2.45, 2.75) is 25.4 Å². The second-order valence-corrected chi connectivity index (χ2v) is 6.94. The Kier molecular flexibility index (Phi) is 6.27. The van der Waals surface area contributed by atoms with E-state index >= 15 is 0 Å². The lowest BCUT2D eigenvalue weighted by Crippen LogP contribution is -2.36. The van der Waals surface area contributed by atoms with E-state index in [2.05, 4.69) is 15.4 Å². The Bertz CT molecular complexity index is 1070. The first-order valence-electron chi connectivity index (χ1n) is 9.29. The number of esters is 1. The Morgan fingerprint density at radius 1 is 1.27 bits per heavy atom. The number of nitrogens with zero attached hydrogens (tertiary/aromatic N) is 2. The molecule has 9 nitrogen and oxygen atoms in total. The van der Waals surface area contributed by atoms with Crippen LogP contribution in [0, 0.1) is 17.2 Å². The van der Waals surface area contributed by atoms with Crippen LogP contribution >= 0.6 is 0 Å². The average molecular weight is 408 g/mol. The Labute approximate surface area is 172 Å². The maximum atomic E-state index is 12.7. The van der Waals surface area contributed by atoms with Crippen LogP contribution in [0.4, 0.5) is 5.69 Å². The first-order valence-corrected chi connectivity index (χ1v) is 9.29. The molecule has 9 heteroatoms. The van der Waals surface area contributed by atoms with Gasteiger partial charge in [-0.2, -0.15) is 5.26 Å². The van der Waals surface area contributed by atoms with E-state index in [-0.39, 0.29) is 30.5 Å². The topological polar surface area (TPSA) is 130 Å². The van der Waals surface area contributed by atoms with Gasteiger partial charge in [-0.25, -0.2) is 0 Å². The Morgan fingerprint density at radius 3 is 2.67 bits per heavy atom. The lowest BCUT2D eigenvalue weighted by Gasteiger charge is -2.13. The number of benzene rings is 1. The van der Waals surface area contributed by atoms with Gasteiger partial charge in [0.25, 0.3) is 11.5 Å². The zero-order valence-corrected chi connectivity index (χ0v) is 16.3. The van der Waals surface area contributed by atoms with Crippen LogP contribution in [0.25, 0.3) is 0 Å². The van der Waals surface area contributed by atoms with Crippen molar-refractivity contribution in [3.63, 3.8) is 0 Å². The number of pyridine rings is 1. The summed E-state index contributed by atoms with van der Waals surface area (Å²) in [7, 11) is 1.26. The van der Waals surface area contributed by atoms with Gasteiger partial charge in [-0.15, -0.1) is 0 Å². The Balaban J connectivity index is 1.69. The Morgan fingerprint density at radius 2 is 2.00 bits per heavy atom. The van der Waals surface area contributed by atoms with Crippen LogP contribution in [0.3, 0.4) is 0 Å². The number of nitriles is 1. The lowest BCUT2D eigenvalue weighted by molar-refractivity contribution is -0.143. The van der Waals surface area contributed by atoms with Gasteiger partial charge in [-0.05, 0) is 42.8 Å². The van der Waals surface area contributed by atoms with Gasteiger partial charge in [0, 0.05) is 24.5 Å². The lowest BCUT2D eigenvalue weighted by atomic mass is 10.0. The third-order valence-electron chi connectivity index (χ3n) is 4.88. The highest BCUT2D eigenvalue weighted by molar-refractivity contribution is 6.04. The molecule has 1 aliphatic heterocycles. The van der Waals surface area contributed by atoms with Crippen molar-refractivity contribution in [3.05, 3.63) is 64.1 Å². The third kappa shape index (κ3) is 4.72. The van der Waals surface area contributed by atoms with Gasteiger partial charge >= 0.3 is 5.97 Å². The second kappa shape index (κ2) is 9.05. The fourth-order valence-electron chi connectivity index (χ4n) is 3.33. The molecule has 1 saturated heterocycles. The molecule has 2 heterocycles. The normalized spacial score (nSPS) is 17.7. The highest BCUT2D eigenvalue weighted by atomic mass is 16.5. The van der Waals surface area contributed by atoms with E-state index in [0.717, 1.165) is 0 Å². The quantitative estimate of drug-likeness (QED) is 0.687. The number of ether oxygens (including phenoxy) is 1. The number of carbonyl (C=O) groups is 3. The van der Waals surface area contributed by atoms with Crippen LogP contribution < -0.4 is 16.2 Å². The van der Waals surface area contributed by atoms with Crippen LogP contribution in [0.15, 0.2) is 47.4 Å². The number of methoxy groups -OCH3 is 1. The standard InChI is InChI=1S/C21H20N4O5/c1-30-18(26)10-14-9-16(24-19(14)27)12-25-8-2-3-17(21(25)29)20(28)23-15-6-4-13(11-22)5-7-15/h2-8,14,16H,9-10,12H2,1H3,(H,23,28)(H,24,27)/t14-,16-/m0/s1. The first kappa shape index (κ1) is 20.8. The molecule has 0 radical (unpaired) electrons. The van der Waals surface area contributed by atoms with Crippen LogP contribution in [-0.2, 0) is 20.9 Å². The van der Waals surface area contributed by atoms with Gasteiger partial charge in [0.2, 0.25) is 5.91 Å². The summed E-state index contributed by atoms with van der Waals surface area (Å²) in [4.78, 5) is 48.7. The highest BCUT2D eigenvalue weighted by Crippen LogP contribution is 2.20. The molecule has 1 fully saturated rings. The van der Waals surface area contributed by atoms with Gasteiger partial charge < -0.3 is 19.9 Å². The van der Waals surface area contributed by atoms with Crippen molar-refractivity contribution in [2.75, 3.05) is 12.4 Å². The summed E-state index contributed by atoms with van der Waals surface area (Å²) in [5, 5.41) is 14.2. The molecule has 2 atom stereocenters. The summed E-state index contributed by atoms with van der Waals surface area (Å²) < 4.78 is 5.96. The molecule has 2 amide bonds. The van der Waals surface area contributed by atoms with Crippen LogP contribution in [0.1, 0.15) is 28.8 Å². The molecular formula is C21H20N4O5. The van der Waals surface area contributed by atoms with Crippen LogP contribution in [0.2, 0.25) is 0 Å². The average Bonchev–Trinajstić information content (AvgIpc) is 3.08. The zero-order chi connectivity index (χ0) is 21.7. The van der Waals surface area contributed by atoms with Crippen molar-refractivity contribution < 1.29 is 19.1 Å². The fraction of sp³-hybridized carbons (Fsp3) is 0.286. The number of rotatable bonds is 6. The summed E-state index contributed by atoms with van der Waals surface area (Å²) in [5.74, 6) is -1.79. The highest BCUT2D eigenvalue weighted by Gasteiger charge is 2.34. The van der Waals surface area contributed by atoms with Gasteiger partial charge in [-0.1, -0.05) is 0 Å². The summed E-state index contributed by atoms with van der Waals surface area (Å²) in [6.45, 7) is 0.181. The summed E-state index contributed by atoms with van der Waals surface area (Å²) >= 11 is 0. The molecule has 2 aromatic rings. The fourth-order valence-corrected chi connectivity index (χ4v) is 3.33. The van der Waals surface area contributed by atoms with E-state index in [1.807, 2.05) is 6.07 Å². The maximum Gasteiger partial charge on any atom is 0.306 e. The Hall–Kier alpha value is -3.93. The molecule has 0 saturated carbocycles. The number of anilines is 1. The van der Waals surface area contributed by atoms with Crippen LogP contribution in [0.5, 0.6) is 0 Å². The van der Waals surface area contributed by atoms with E-state index in [9.17, 15) is 19.2 Å². The van der Waals surface area contributed by atoms with Crippen molar-refractivity contribution in [3.8, 4) is 6.07 Å². The van der Waals surface area contributed by atoms with E-state index < -0.39 is 23.4 Å². The molecule has 154 valence electrons. The molecule has 30 heavy (non-hydrogen) atoms. The summed E-state index contributed by atoms with van der Waals surface area (Å²) in [5.41, 5.74) is 0.383. The predicted molar refractivity (Wildman–Crippen MR) is 106 cm³/mol. The maximum absolute atomic E-state index is 12.7. The van der Waals surface area contributed by atoms with E-state index in [4.69, 9.17) is 5.26 Å². The molecule has 1 aliphatic rings. The minimum Gasteiger partial charge on any atom is -0.469 e. The minimum absolute atomic E-state index is 0.0131. The van der Waals surface area contributed by atoms with Gasteiger partial charge in [0.15, 0.2) is 0 Å². The third-order valence-corrected chi connectivity index (χ3v) is 4.88. The van der Waals surface area contributed by atoms with Gasteiger partial charge in [-0.3, -0.25) is 19.2 Å². The summed E-state index contributed by atoms with van der Waals surface area (Å²) in [6.07, 6.45) is 1.92. The second-order valence-electron chi connectivity index (χ2n) is 6.94. The number of nitrogens with one attached hydrogen (secondary N) is 2. The zero-order valence-electron chi connectivity index (χ0n) is 16.3. The largest absolute Gasteiger partial charge is 0.469 e. The number of amides is 2. The SMILES string of the molecule is COC(=O)C[C@@H]1C[C@@H](Cn2cccc(C(=O)Nc3ccc(C#N)cc3)c2=O)NC1=O. The molecule has 0 spiro atoms. The molecule has 2 N–H and O–H groups in total. The van der Waals surface area contributed by atoms with E-state index in [0.29, 0.717) is 17.7 Å². The van der Waals surface area contributed by atoms with E-state index in [1.165, 1.54) is 17.7 Å². The number of aromatic nitrogens is 1. The smallest absolute Gasteiger partial charge is 0.306 e. The molecule has 0 unspecified atom stereocenters. The minimum atomic E-state index is -0.571.